The fourth-order valence-corrected chi connectivity index (χ4v) is 4.27. The van der Waals surface area contributed by atoms with E-state index < -0.39 is 0 Å². The predicted octanol–water partition coefficient (Wildman–Crippen LogP) is 5.58. The Morgan fingerprint density at radius 2 is 1.95 bits per heavy atom. The molecule has 0 aliphatic rings. The molecule has 1 atom stereocenters. The fourth-order valence-electron chi connectivity index (χ4n) is 2.18. The standard InChI is InChI=1S/C15H16BrCl2NS/c1-2-19-11(7-12-6-10(16)9-20-12)8-13-14(17)4-3-5-15(13)18/h3-6,9,11,19H,2,7-8H2,1H3. The van der Waals surface area contributed by atoms with Crippen LogP contribution in [-0.4, -0.2) is 12.6 Å². The van der Waals surface area contributed by atoms with Crippen LogP contribution in [-0.2, 0) is 12.8 Å². The summed E-state index contributed by atoms with van der Waals surface area (Å²) in [6.07, 6.45) is 1.81. The molecule has 108 valence electrons. The van der Waals surface area contributed by atoms with Crippen molar-refractivity contribution in [3.8, 4) is 0 Å². The van der Waals surface area contributed by atoms with E-state index in [9.17, 15) is 0 Å². The molecule has 1 nitrogen and oxygen atoms in total. The lowest BCUT2D eigenvalue weighted by atomic mass is 10.0. The summed E-state index contributed by atoms with van der Waals surface area (Å²) in [6, 6.07) is 8.18. The molecule has 0 aliphatic carbocycles. The van der Waals surface area contributed by atoms with E-state index in [1.165, 1.54) is 4.88 Å². The quantitative estimate of drug-likeness (QED) is 0.676. The van der Waals surface area contributed by atoms with E-state index in [1.807, 2.05) is 18.2 Å². The summed E-state index contributed by atoms with van der Waals surface area (Å²) >= 11 is 17.8. The summed E-state index contributed by atoms with van der Waals surface area (Å²) in [7, 11) is 0. The molecular weight excluding hydrogens is 377 g/mol. The van der Waals surface area contributed by atoms with Crippen LogP contribution < -0.4 is 5.32 Å². The maximum atomic E-state index is 6.26. The van der Waals surface area contributed by atoms with Crippen molar-refractivity contribution < 1.29 is 0 Å². The second-order valence-electron chi connectivity index (χ2n) is 4.59. The highest BCUT2D eigenvalue weighted by Crippen LogP contribution is 2.27. The van der Waals surface area contributed by atoms with Crippen LogP contribution in [0.4, 0.5) is 0 Å². The fraction of sp³-hybridized carbons (Fsp3) is 0.333. The van der Waals surface area contributed by atoms with Crippen LogP contribution >= 0.6 is 50.5 Å². The van der Waals surface area contributed by atoms with Crippen molar-refractivity contribution in [2.45, 2.75) is 25.8 Å². The summed E-state index contributed by atoms with van der Waals surface area (Å²) in [5.74, 6) is 0. The number of benzene rings is 1. The molecule has 0 radical (unpaired) electrons. The first-order valence-electron chi connectivity index (χ1n) is 6.49. The summed E-state index contributed by atoms with van der Waals surface area (Å²) in [4.78, 5) is 1.35. The smallest absolute Gasteiger partial charge is 0.0453 e. The van der Waals surface area contributed by atoms with Gasteiger partial charge in [0.15, 0.2) is 0 Å². The van der Waals surface area contributed by atoms with Crippen molar-refractivity contribution in [2.24, 2.45) is 0 Å². The van der Waals surface area contributed by atoms with Crippen molar-refractivity contribution >= 4 is 50.5 Å². The molecule has 0 spiro atoms. The molecule has 0 saturated carbocycles. The van der Waals surface area contributed by atoms with Gasteiger partial charge in [-0.25, -0.2) is 0 Å². The maximum absolute atomic E-state index is 6.26. The van der Waals surface area contributed by atoms with E-state index in [1.54, 1.807) is 11.3 Å². The number of rotatable bonds is 6. The van der Waals surface area contributed by atoms with Crippen LogP contribution in [0.25, 0.3) is 0 Å². The third-order valence-electron chi connectivity index (χ3n) is 3.07. The zero-order valence-corrected chi connectivity index (χ0v) is 15.0. The van der Waals surface area contributed by atoms with Crippen LogP contribution in [0, 0.1) is 0 Å². The molecule has 1 N–H and O–H groups in total. The topological polar surface area (TPSA) is 12.0 Å². The van der Waals surface area contributed by atoms with Crippen LogP contribution in [0.2, 0.25) is 10.0 Å². The average molecular weight is 393 g/mol. The minimum atomic E-state index is 0.336. The molecule has 1 unspecified atom stereocenters. The Bertz CT molecular complexity index is 551. The Balaban J connectivity index is 2.13. The summed E-state index contributed by atoms with van der Waals surface area (Å²) in [6.45, 7) is 3.05. The molecule has 1 heterocycles. The molecule has 2 aromatic rings. The highest BCUT2D eigenvalue weighted by atomic mass is 79.9. The number of hydrogen-bond acceptors (Lipinski definition) is 2. The van der Waals surface area contributed by atoms with Crippen molar-refractivity contribution in [1.82, 2.24) is 5.32 Å². The van der Waals surface area contributed by atoms with Gasteiger partial charge in [0.2, 0.25) is 0 Å². The zero-order chi connectivity index (χ0) is 14.5. The van der Waals surface area contributed by atoms with E-state index in [0.29, 0.717) is 6.04 Å². The van der Waals surface area contributed by atoms with Gasteiger partial charge >= 0.3 is 0 Å². The highest BCUT2D eigenvalue weighted by molar-refractivity contribution is 9.10. The van der Waals surface area contributed by atoms with Crippen molar-refractivity contribution in [1.29, 1.82) is 0 Å². The molecule has 1 aromatic heterocycles. The van der Waals surface area contributed by atoms with Gasteiger partial charge in [-0.15, -0.1) is 11.3 Å². The highest BCUT2D eigenvalue weighted by Gasteiger charge is 2.15. The lowest BCUT2D eigenvalue weighted by molar-refractivity contribution is 0.524. The van der Waals surface area contributed by atoms with Gasteiger partial charge in [-0.2, -0.15) is 0 Å². The summed E-state index contributed by atoms with van der Waals surface area (Å²) in [5, 5.41) is 7.12. The van der Waals surface area contributed by atoms with Gasteiger partial charge in [0, 0.05) is 30.8 Å². The molecule has 2 rings (SSSR count). The predicted molar refractivity (Wildman–Crippen MR) is 93.4 cm³/mol. The first-order valence-corrected chi connectivity index (χ1v) is 8.92. The number of halogens is 3. The van der Waals surface area contributed by atoms with Crippen LogP contribution in [0.15, 0.2) is 34.1 Å². The Labute approximate surface area is 142 Å². The molecule has 0 amide bonds. The second-order valence-corrected chi connectivity index (χ2v) is 7.32. The Hall–Kier alpha value is -0.0600. The molecule has 1 aromatic carbocycles. The molecule has 0 fully saturated rings. The van der Waals surface area contributed by atoms with Crippen molar-refractivity contribution in [3.63, 3.8) is 0 Å². The van der Waals surface area contributed by atoms with Gasteiger partial charge in [-0.05, 0) is 59.1 Å². The lowest BCUT2D eigenvalue weighted by Gasteiger charge is -2.18. The van der Waals surface area contributed by atoms with Crippen molar-refractivity contribution in [3.05, 3.63) is 54.6 Å². The Morgan fingerprint density at radius 3 is 2.50 bits per heavy atom. The monoisotopic (exact) mass is 391 g/mol. The van der Waals surface area contributed by atoms with E-state index in [0.717, 1.165) is 39.5 Å². The summed E-state index contributed by atoms with van der Waals surface area (Å²) < 4.78 is 1.14. The Kier molecular flexibility index (Phi) is 6.37. The first kappa shape index (κ1) is 16.3. The molecule has 0 aliphatic heterocycles. The largest absolute Gasteiger partial charge is 0.314 e. The third-order valence-corrected chi connectivity index (χ3v) is 5.50. The minimum absolute atomic E-state index is 0.336. The van der Waals surface area contributed by atoms with Crippen LogP contribution in [0.5, 0.6) is 0 Å². The van der Waals surface area contributed by atoms with Gasteiger partial charge in [-0.1, -0.05) is 36.2 Å². The molecule has 0 saturated heterocycles. The van der Waals surface area contributed by atoms with Crippen molar-refractivity contribution in [2.75, 3.05) is 6.54 Å². The van der Waals surface area contributed by atoms with Gasteiger partial charge in [-0.3, -0.25) is 0 Å². The zero-order valence-electron chi connectivity index (χ0n) is 11.1. The van der Waals surface area contributed by atoms with E-state index in [2.05, 4.69) is 39.6 Å². The summed E-state index contributed by atoms with van der Waals surface area (Å²) in [5.41, 5.74) is 1.03. The molecule has 5 heteroatoms. The molecule has 20 heavy (non-hydrogen) atoms. The molecule has 0 bridgehead atoms. The van der Waals surface area contributed by atoms with E-state index >= 15 is 0 Å². The minimum Gasteiger partial charge on any atom is -0.314 e. The average Bonchev–Trinajstić information content (AvgIpc) is 2.80. The van der Waals surface area contributed by atoms with E-state index in [-0.39, 0.29) is 0 Å². The maximum Gasteiger partial charge on any atom is 0.0453 e. The number of hydrogen-bond donors (Lipinski definition) is 1. The van der Waals surface area contributed by atoms with Crippen LogP contribution in [0.3, 0.4) is 0 Å². The van der Waals surface area contributed by atoms with Gasteiger partial charge in [0.25, 0.3) is 0 Å². The number of thiophene rings is 1. The third kappa shape index (κ3) is 4.47. The van der Waals surface area contributed by atoms with Gasteiger partial charge in [0.05, 0.1) is 0 Å². The normalized spacial score (nSPS) is 12.6. The van der Waals surface area contributed by atoms with Crippen LogP contribution in [0.1, 0.15) is 17.4 Å². The lowest BCUT2D eigenvalue weighted by Crippen LogP contribution is -2.33. The van der Waals surface area contributed by atoms with Gasteiger partial charge in [0.1, 0.15) is 0 Å². The SMILES string of the molecule is CCNC(Cc1cc(Br)cs1)Cc1c(Cl)cccc1Cl. The molecular formula is C15H16BrCl2NS. The second kappa shape index (κ2) is 7.81. The number of nitrogens with one attached hydrogen (secondary N) is 1. The van der Waals surface area contributed by atoms with E-state index in [4.69, 9.17) is 23.2 Å². The Morgan fingerprint density at radius 1 is 1.25 bits per heavy atom. The first-order chi connectivity index (χ1) is 9.60. The van der Waals surface area contributed by atoms with Gasteiger partial charge < -0.3 is 5.32 Å². The number of likely N-dealkylation sites (N-methyl/N-ethyl adjacent to an activating group) is 1.